The van der Waals surface area contributed by atoms with E-state index in [-0.39, 0.29) is 0 Å². The van der Waals surface area contributed by atoms with Gasteiger partial charge in [0.2, 0.25) is 0 Å². The zero-order valence-electron chi connectivity index (χ0n) is 7.15. The number of rotatable bonds is 1. The molecule has 2 aliphatic rings. The van der Waals surface area contributed by atoms with E-state index in [0.29, 0.717) is 6.04 Å². The SMILES string of the molecule is C1=CN(C2CCOCC2)CC=N1. The second-order valence-corrected chi connectivity index (χ2v) is 3.17. The fourth-order valence-electron chi connectivity index (χ4n) is 1.67. The van der Waals surface area contributed by atoms with Crippen LogP contribution in [0.5, 0.6) is 0 Å². The Morgan fingerprint density at radius 3 is 2.83 bits per heavy atom. The minimum Gasteiger partial charge on any atom is -0.381 e. The first-order chi connectivity index (χ1) is 5.97. The van der Waals surface area contributed by atoms with Gasteiger partial charge in [-0.1, -0.05) is 0 Å². The van der Waals surface area contributed by atoms with Crippen LogP contribution in [-0.2, 0) is 4.74 Å². The largest absolute Gasteiger partial charge is 0.381 e. The Balaban J connectivity index is 1.90. The van der Waals surface area contributed by atoms with E-state index in [9.17, 15) is 0 Å². The van der Waals surface area contributed by atoms with Crippen LogP contribution in [-0.4, -0.2) is 36.9 Å². The topological polar surface area (TPSA) is 24.8 Å². The van der Waals surface area contributed by atoms with E-state index in [4.69, 9.17) is 4.74 Å². The van der Waals surface area contributed by atoms with Crippen molar-refractivity contribution in [3.63, 3.8) is 0 Å². The molecule has 2 rings (SSSR count). The fourth-order valence-corrected chi connectivity index (χ4v) is 1.67. The Labute approximate surface area is 72.7 Å². The molecule has 3 nitrogen and oxygen atoms in total. The van der Waals surface area contributed by atoms with Crippen LogP contribution in [0.3, 0.4) is 0 Å². The lowest BCUT2D eigenvalue weighted by molar-refractivity contribution is 0.0532. The maximum absolute atomic E-state index is 5.31. The number of ether oxygens (including phenoxy) is 1. The van der Waals surface area contributed by atoms with Crippen molar-refractivity contribution in [2.45, 2.75) is 18.9 Å². The Morgan fingerprint density at radius 1 is 1.33 bits per heavy atom. The highest BCUT2D eigenvalue weighted by Gasteiger charge is 2.18. The summed E-state index contributed by atoms with van der Waals surface area (Å²) in [4.78, 5) is 6.39. The number of aliphatic imine (C=N–C) groups is 1. The van der Waals surface area contributed by atoms with Crippen molar-refractivity contribution < 1.29 is 4.74 Å². The van der Waals surface area contributed by atoms with Crippen molar-refractivity contribution in [2.24, 2.45) is 4.99 Å². The monoisotopic (exact) mass is 166 g/mol. The summed E-state index contributed by atoms with van der Waals surface area (Å²) in [7, 11) is 0. The second kappa shape index (κ2) is 3.72. The van der Waals surface area contributed by atoms with Crippen LogP contribution < -0.4 is 0 Å². The van der Waals surface area contributed by atoms with Gasteiger partial charge in [-0.15, -0.1) is 0 Å². The first-order valence-corrected chi connectivity index (χ1v) is 4.48. The Bertz CT molecular complexity index is 195. The van der Waals surface area contributed by atoms with E-state index in [0.717, 1.165) is 32.6 Å². The van der Waals surface area contributed by atoms with Crippen molar-refractivity contribution in [3.8, 4) is 0 Å². The molecule has 0 radical (unpaired) electrons. The first kappa shape index (κ1) is 7.80. The zero-order chi connectivity index (χ0) is 8.23. The Kier molecular flexibility index (Phi) is 2.42. The molecule has 66 valence electrons. The molecule has 0 aliphatic carbocycles. The number of hydrogen-bond acceptors (Lipinski definition) is 3. The van der Waals surface area contributed by atoms with Crippen molar-refractivity contribution in [3.05, 3.63) is 12.4 Å². The molecular weight excluding hydrogens is 152 g/mol. The van der Waals surface area contributed by atoms with E-state index >= 15 is 0 Å². The zero-order valence-corrected chi connectivity index (χ0v) is 7.15. The summed E-state index contributed by atoms with van der Waals surface area (Å²) in [6.45, 7) is 2.78. The number of hydrogen-bond donors (Lipinski definition) is 0. The molecule has 0 aromatic rings. The highest BCUT2D eigenvalue weighted by molar-refractivity contribution is 5.61. The van der Waals surface area contributed by atoms with E-state index in [1.165, 1.54) is 0 Å². The number of nitrogens with zero attached hydrogens (tertiary/aromatic N) is 2. The smallest absolute Gasteiger partial charge is 0.0530 e. The van der Waals surface area contributed by atoms with Crippen molar-refractivity contribution in [2.75, 3.05) is 19.8 Å². The van der Waals surface area contributed by atoms with Gasteiger partial charge in [-0.2, -0.15) is 0 Å². The van der Waals surface area contributed by atoms with Crippen LogP contribution in [0, 0.1) is 0 Å². The summed E-state index contributed by atoms with van der Waals surface area (Å²) in [6.07, 6.45) is 8.20. The molecule has 0 spiro atoms. The van der Waals surface area contributed by atoms with Crippen molar-refractivity contribution in [1.82, 2.24) is 4.90 Å². The predicted octanol–water partition coefficient (Wildman–Crippen LogP) is 1.02. The summed E-state index contributed by atoms with van der Waals surface area (Å²) in [5, 5.41) is 0. The highest BCUT2D eigenvalue weighted by Crippen LogP contribution is 2.15. The van der Waals surface area contributed by atoms with Gasteiger partial charge in [0.05, 0.1) is 6.54 Å². The molecular formula is C9H14N2O. The third-order valence-electron chi connectivity index (χ3n) is 2.40. The summed E-state index contributed by atoms with van der Waals surface area (Å²) in [5.74, 6) is 0. The van der Waals surface area contributed by atoms with Gasteiger partial charge in [-0.05, 0) is 12.8 Å². The minimum absolute atomic E-state index is 0.668. The van der Waals surface area contributed by atoms with Crippen LogP contribution in [0.4, 0.5) is 0 Å². The second-order valence-electron chi connectivity index (χ2n) is 3.17. The molecule has 0 saturated carbocycles. The molecule has 1 fully saturated rings. The quantitative estimate of drug-likeness (QED) is 0.581. The molecule has 12 heavy (non-hydrogen) atoms. The van der Waals surface area contributed by atoms with Gasteiger partial charge >= 0.3 is 0 Å². The van der Waals surface area contributed by atoms with Gasteiger partial charge in [0, 0.05) is 37.9 Å². The van der Waals surface area contributed by atoms with Crippen molar-refractivity contribution >= 4 is 6.21 Å². The van der Waals surface area contributed by atoms with Gasteiger partial charge in [0.15, 0.2) is 0 Å². The molecule has 2 heterocycles. The van der Waals surface area contributed by atoms with Crippen LogP contribution in [0.1, 0.15) is 12.8 Å². The van der Waals surface area contributed by atoms with Crippen LogP contribution in [0.2, 0.25) is 0 Å². The molecule has 0 aromatic heterocycles. The lowest BCUT2D eigenvalue weighted by atomic mass is 10.1. The van der Waals surface area contributed by atoms with Crippen LogP contribution >= 0.6 is 0 Å². The standard InChI is InChI=1S/C9H14N2O/c1-7-12-8-2-9(1)11-5-3-10-4-6-11/h3-5,9H,1-2,6-8H2. The first-order valence-electron chi connectivity index (χ1n) is 4.48. The van der Waals surface area contributed by atoms with Gasteiger partial charge in [0.1, 0.15) is 0 Å². The van der Waals surface area contributed by atoms with E-state index < -0.39 is 0 Å². The highest BCUT2D eigenvalue weighted by atomic mass is 16.5. The summed E-state index contributed by atoms with van der Waals surface area (Å²) < 4.78 is 5.31. The molecule has 3 heteroatoms. The van der Waals surface area contributed by atoms with E-state index in [2.05, 4.69) is 16.1 Å². The third kappa shape index (κ3) is 1.67. The maximum Gasteiger partial charge on any atom is 0.0530 e. The van der Waals surface area contributed by atoms with Crippen LogP contribution in [0.25, 0.3) is 0 Å². The Morgan fingerprint density at radius 2 is 2.17 bits per heavy atom. The van der Waals surface area contributed by atoms with Gasteiger partial charge < -0.3 is 9.64 Å². The molecule has 0 aromatic carbocycles. The normalized spacial score (nSPS) is 24.8. The molecule has 0 atom stereocenters. The lowest BCUT2D eigenvalue weighted by Gasteiger charge is -2.33. The van der Waals surface area contributed by atoms with E-state index in [1.807, 2.05) is 12.4 Å². The molecule has 1 saturated heterocycles. The van der Waals surface area contributed by atoms with E-state index in [1.54, 1.807) is 0 Å². The molecule has 0 N–H and O–H groups in total. The predicted molar refractivity (Wildman–Crippen MR) is 48.2 cm³/mol. The molecule has 0 unspecified atom stereocenters. The maximum atomic E-state index is 5.31. The fraction of sp³-hybridized carbons (Fsp3) is 0.667. The molecule has 0 bridgehead atoms. The van der Waals surface area contributed by atoms with Gasteiger partial charge in [-0.3, -0.25) is 4.99 Å². The minimum atomic E-state index is 0.668. The van der Waals surface area contributed by atoms with Crippen molar-refractivity contribution in [1.29, 1.82) is 0 Å². The van der Waals surface area contributed by atoms with Gasteiger partial charge in [0.25, 0.3) is 0 Å². The summed E-state index contributed by atoms with van der Waals surface area (Å²) >= 11 is 0. The summed E-state index contributed by atoms with van der Waals surface area (Å²) in [6, 6.07) is 0.668. The summed E-state index contributed by atoms with van der Waals surface area (Å²) in [5.41, 5.74) is 0. The Hall–Kier alpha value is -0.830. The average Bonchev–Trinajstić information content (AvgIpc) is 2.21. The average molecular weight is 166 g/mol. The molecule has 2 aliphatic heterocycles. The van der Waals surface area contributed by atoms with Gasteiger partial charge in [-0.25, -0.2) is 0 Å². The third-order valence-corrected chi connectivity index (χ3v) is 2.40. The molecule has 0 amide bonds. The lowest BCUT2D eigenvalue weighted by Crippen LogP contribution is -2.37. The van der Waals surface area contributed by atoms with Crippen LogP contribution in [0.15, 0.2) is 17.4 Å².